The molecule has 2 fully saturated rings. The van der Waals surface area contributed by atoms with Gasteiger partial charge in [0.1, 0.15) is 6.10 Å². The van der Waals surface area contributed by atoms with Gasteiger partial charge in [0.2, 0.25) is 0 Å². The summed E-state index contributed by atoms with van der Waals surface area (Å²) in [5, 5.41) is 13.7. The van der Waals surface area contributed by atoms with Gasteiger partial charge in [0.25, 0.3) is 0 Å². The minimum atomic E-state index is -0.231. The van der Waals surface area contributed by atoms with Crippen molar-refractivity contribution in [3.8, 4) is 0 Å². The Balaban J connectivity index is 1.82. The molecule has 0 radical (unpaired) electrons. The van der Waals surface area contributed by atoms with E-state index in [9.17, 15) is 9.90 Å². The highest BCUT2D eigenvalue weighted by atomic mass is 16.5. The zero-order chi connectivity index (χ0) is 21.8. The van der Waals surface area contributed by atoms with Crippen LogP contribution in [0.1, 0.15) is 97.8 Å². The Morgan fingerprint density at radius 2 is 2.00 bits per heavy atom. The number of hydrogen-bond acceptors (Lipinski definition) is 4. The van der Waals surface area contributed by atoms with Crippen LogP contribution in [0, 0.1) is 11.8 Å². The third-order valence-corrected chi connectivity index (χ3v) is 6.94. The molecule has 0 aromatic rings. The summed E-state index contributed by atoms with van der Waals surface area (Å²) in [4.78, 5) is 12.3. The molecule has 1 saturated heterocycles. The van der Waals surface area contributed by atoms with Crippen molar-refractivity contribution in [2.24, 2.45) is 11.8 Å². The summed E-state index contributed by atoms with van der Waals surface area (Å²) < 4.78 is 5.84. The monoisotopic (exact) mass is 419 g/mol. The first kappa shape index (κ1) is 25.1. The highest BCUT2D eigenvalue weighted by molar-refractivity contribution is 5.82. The number of fused-ring (bicyclic) bond motifs is 1. The van der Waals surface area contributed by atoms with E-state index in [1.54, 1.807) is 12.2 Å². The van der Waals surface area contributed by atoms with Crippen LogP contribution in [0.15, 0.2) is 24.3 Å². The number of carbonyl (C=O) groups is 1. The van der Waals surface area contributed by atoms with Gasteiger partial charge in [-0.3, -0.25) is 0 Å². The Morgan fingerprint density at radius 1 is 1.17 bits per heavy atom. The van der Waals surface area contributed by atoms with Crippen molar-refractivity contribution in [2.45, 2.75) is 122 Å². The molecule has 0 amide bonds. The number of nitrogens with one attached hydrogen (secondary N) is 1. The quantitative estimate of drug-likeness (QED) is 0.184. The van der Waals surface area contributed by atoms with E-state index < -0.39 is 0 Å². The van der Waals surface area contributed by atoms with Crippen LogP contribution in [0.4, 0.5) is 0 Å². The van der Waals surface area contributed by atoms with E-state index in [4.69, 9.17) is 4.74 Å². The van der Waals surface area contributed by atoms with Crippen molar-refractivity contribution < 1.29 is 14.6 Å². The Hall–Kier alpha value is -1.13. The highest BCUT2D eigenvalue weighted by Crippen LogP contribution is 2.40. The lowest BCUT2D eigenvalue weighted by molar-refractivity contribution is -0.148. The van der Waals surface area contributed by atoms with Crippen LogP contribution in [0.25, 0.3) is 0 Å². The second-order valence-electron chi connectivity index (χ2n) is 9.43. The van der Waals surface area contributed by atoms with E-state index in [0.29, 0.717) is 17.9 Å². The second kappa shape index (κ2) is 14.0. The molecule has 6 atom stereocenters. The van der Waals surface area contributed by atoms with Gasteiger partial charge in [-0.15, -0.1) is 0 Å². The van der Waals surface area contributed by atoms with Gasteiger partial charge in [0.05, 0.1) is 6.10 Å². The molecular weight excluding hydrogens is 374 g/mol. The van der Waals surface area contributed by atoms with E-state index in [0.717, 1.165) is 44.9 Å². The topological polar surface area (TPSA) is 58.6 Å². The molecule has 4 nitrogen and oxygen atoms in total. The Bertz CT molecular complexity index is 544. The molecule has 0 spiro atoms. The number of allylic oxidation sites excluding steroid dienone is 3. The van der Waals surface area contributed by atoms with Crippen molar-refractivity contribution in [3.05, 3.63) is 24.3 Å². The molecule has 1 saturated carbocycles. The molecular formula is C26H45NO3. The smallest absolute Gasteiger partial charge is 0.331 e. The van der Waals surface area contributed by atoms with Crippen molar-refractivity contribution in [1.82, 2.24) is 5.32 Å². The van der Waals surface area contributed by atoms with Gasteiger partial charge < -0.3 is 15.2 Å². The predicted octanol–water partition coefficient (Wildman–Crippen LogP) is 5.70. The van der Waals surface area contributed by atoms with Gasteiger partial charge in [-0.05, 0) is 50.9 Å². The standard InChI is InChI=1S/C26H45NO3/c1-4-6-7-8-9-18-26(29)30-25-19-23-21(14-10-11-16-22(28)13-5-2)15-12-17-24(23)27-20(25)3/h7-9,18,20-25,27-28H,4-6,10-17,19H2,1-3H3/b8-7+,18-9+/t20-,21-,22+,23-,24+,25+/m0/s1. The molecule has 2 N–H and O–H groups in total. The van der Waals surface area contributed by atoms with Gasteiger partial charge in [0.15, 0.2) is 0 Å². The average Bonchev–Trinajstić information content (AvgIpc) is 2.72. The number of aliphatic hydroxyl groups excluding tert-OH is 1. The number of hydrogen-bond donors (Lipinski definition) is 2. The number of ether oxygens (including phenoxy) is 1. The first-order chi connectivity index (χ1) is 14.5. The van der Waals surface area contributed by atoms with Crippen LogP contribution in [-0.2, 0) is 9.53 Å². The average molecular weight is 420 g/mol. The largest absolute Gasteiger partial charge is 0.458 e. The molecule has 30 heavy (non-hydrogen) atoms. The van der Waals surface area contributed by atoms with Crippen LogP contribution in [-0.4, -0.2) is 35.4 Å². The van der Waals surface area contributed by atoms with Gasteiger partial charge >= 0.3 is 5.97 Å². The number of unbranched alkanes of at least 4 members (excludes halogenated alkanes) is 2. The molecule has 0 aromatic carbocycles. The number of esters is 1. The van der Waals surface area contributed by atoms with Crippen LogP contribution in [0.3, 0.4) is 0 Å². The number of carbonyl (C=O) groups excluding carboxylic acids is 1. The maximum atomic E-state index is 12.3. The number of aliphatic hydroxyl groups is 1. The van der Waals surface area contributed by atoms with E-state index >= 15 is 0 Å². The van der Waals surface area contributed by atoms with Crippen LogP contribution >= 0.6 is 0 Å². The van der Waals surface area contributed by atoms with Crippen molar-refractivity contribution in [1.29, 1.82) is 0 Å². The van der Waals surface area contributed by atoms with Crippen molar-refractivity contribution in [2.75, 3.05) is 0 Å². The van der Waals surface area contributed by atoms with Gasteiger partial charge in [-0.1, -0.05) is 77.0 Å². The lowest BCUT2D eigenvalue weighted by Crippen LogP contribution is -2.57. The molecule has 172 valence electrons. The fourth-order valence-electron chi connectivity index (χ4n) is 5.27. The molecule has 1 heterocycles. The van der Waals surface area contributed by atoms with Crippen LogP contribution in [0.2, 0.25) is 0 Å². The van der Waals surface area contributed by atoms with Crippen molar-refractivity contribution in [3.63, 3.8) is 0 Å². The molecule has 0 aromatic heterocycles. The van der Waals surface area contributed by atoms with E-state index in [1.807, 2.05) is 6.08 Å². The van der Waals surface area contributed by atoms with E-state index in [2.05, 4.69) is 32.2 Å². The normalized spacial score (nSPS) is 30.5. The Labute approximate surface area is 184 Å². The van der Waals surface area contributed by atoms with Crippen LogP contribution < -0.4 is 5.32 Å². The van der Waals surface area contributed by atoms with Crippen LogP contribution in [0.5, 0.6) is 0 Å². The number of piperidine rings is 1. The molecule has 2 rings (SSSR count). The van der Waals surface area contributed by atoms with E-state index in [-0.39, 0.29) is 24.2 Å². The molecule has 1 aliphatic heterocycles. The summed E-state index contributed by atoms with van der Waals surface area (Å²) in [5.74, 6) is 1.08. The SMILES string of the molecule is CCC/C=C/C=C/C(=O)O[C@@H]1C[C@H]2[C@@H](CCCC[C@H](O)CCC)CCC[C@H]2N[C@H]1C. The molecule has 0 bridgehead atoms. The lowest BCUT2D eigenvalue weighted by atomic mass is 9.68. The minimum absolute atomic E-state index is 0.0463. The maximum absolute atomic E-state index is 12.3. The molecule has 0 unspecified atom stereocenters. The zero-order valence-electron chi connectivity index (χ0n) is 19.5. The summed E-state index contributed by atoms with van der Waals surface area (Å²) >= 11 is 0. The summed E-state index contributed by atoms with van der Waals surface area (Å²) in [6.07, 6.45) is 20.6. The first-order valence-electron chi connectivity index (χ1n) is 12.5. The van der Waals surface area contributed by atoms with E-state index in [1.165, 1.54) is 32.1 Å². The lowest BCUT2D eigenvalue weighted by Gasteiger charge is -2.47. The summed E-state index contributed by atoms with van der Waals surface area (Å²) in [6, 6.07) is 0.772. The molecule has 2 aliphatic rings. The first-order valence-corrected chi connectivity index (χ1v) is 12.5. The highest BCUT2D eigenvalue weighted by Gasteiger charge is 2.41. The Kier molecular flexibility index (Phi) is 11.8. The Morgan fingerprint density at radius 3 is 2.77 bits per heavy atom. The third kappa shape index (κ3) is 8.55. The minimum Gasteiger partial charge on any atom is -0.458 e. The molecule has 4 heteroatoms. The fraction of sp³-hybridized carbons (Fsp3) is 0.808. The van der Waals surface area contributed by atoms with Gasteiger partial charge in [-0.25, -0.2) is 4.79 Å². The third-order valence-electron chi connectivity index (χ3n) is 6.94. The summed E-state index contributed by atoms with van der Waals surface area (Å²) in [7, 11) is 0. The van der Waals surface area contributed by atoms with Gasteiger partial charge in [-0.2, -0.15) is 0 Å². The fourth-order valence-corrected chi connectivity index (χ4v) is 5.27. The molecule has 1 aliphatic carbocycles. The predicted molar refractivity (Wildman–Crippen MR) is 124 cm³/mol. The zero-order valence-corrected chi connectivity index (χ0v) is 19.5. The second-order valence-corrected chi connectivity index (χ2v) is 9.43. The summed E-state index contributed by atoms with van der Waals surface area (Å²) in [5.41, 5.74) is 0. The maximum Gasteiger partial charge on any atom is 0.331 e. The summed E-state index contributed by atoms with van der Waals surface area (Å²) in [6.45, 7) is 6.42. The van der Waals surface area contributed by atoms with Crippen molar-refractivity contribution >= 4 is 5.97 Å². The number of rotatable bonds is 12. The van der Waals surface area contributed by atoms with Gasteiger partial charge in [0, 0.05) is 18.2 Å².